The second-order valence-corrected chi connectivity index (χ2v) is 6.56. The van der Waals surface area contributed by atoms with Gasteiger partial charge in [-0.15, -0.1) is 11.3 Å². The van der Waals surface area contributed by atoms with E-state index in [-0.39, 0.29) is 23.7 Å². The van der Waals surface area contributed by atoms with Crippen LogP contribution in [0.4, 0.5) is 0 Å². The molecule has 2 atom stereocenters. The van der Waals surface area contributed by atoms with Gasteiger partial charge in [-0.05, 0) is 35.2 Å². The van der Waals surface area contributed by atoms with Crippen LogP contribution >= 0.6 is 11.3 Å². The second kappa shape index (κ2) is 5.48. The summed E-state index contributed by atoms with van der Waals surface area (Å²) in [6.45, 7) is 0.574. The average molecular weight is 302 g/mol. The number of amides is 2. The van der Waals surface area contributed by atoms with Crippen molar-refractivity contribution < 1.29 is 9.59 Å². The zero-order valence-corrected chi connectivity index (χ0v) is 12.7. The molecule has 4 nitrogen and oxygen atoms in total. The lowest BCUT2D eigenvalue weighted by Crippen LogP contribution is -2.46. The number of thiophene rings is 1. The van der Waals surface area contributed by atoms with Gasteiger partial charge in [0.05, 0.1) is 0 Å². The summed E-state index contributed by atoms with van der Waals surface area (Å²) in [5.41, 5.74) is 6.48. The number of primary amides is 1. The highest BCUT2D eigenvalue weighted by molar-refractivity contribution is 7.17. The Labute approximate surface area is 127 Å². The first kappa shape index (κ1) is 14.1. The SMILES string of the molecule is CN(Cc1csc2ccccc12)C(=O)[C@@H]1CC[C@@H]1C(N)=O. The van der Waals surface area contributed by atoms with Crippen LogP contribution in [0.5, 0.6) is 0 Å². The van der Waals surface area contributed by atoms with Crippen LogP contribution in [-0.2, 0) is 16.1 Å². The van der Waals surface area contributed by atoms with Crippen molar-refractivity contribution in [2.75, 3.05) is 7.05 Å². The van der Waals surface area contributed by atoms with Crippen LogP contribution in [0.3, 0.4) is 0 Å². The van der Waals surface area contributed by atoms with Crippen LogP contribution in [0.15, 0.2) is 29.6 Å². The van der Waals surface area contributed by atoms with Gasteiger partial charge in [0.2, 0.25) is 11.8 Å². The van der Waals surface area contributed by atoms with Gasteiger partial charge < -0.3 is 10.6 Å². The first-order valence-corrected chi connectivity index (χ1v) is 7.95. The molecule has 1 fully saturated rings. The third kappa shape index (κ3) is 2.53. The molecule has 1 aliphatic rings. The Morgan fingerprint density at radius 2 is 2.00 bits per heavy atom. The predicted molar refractivity (Wildman–Crippen MR) is 83.7 cm³/mol. The Kier molecular flexibility index (Phi) is 3.68. The molecule has 0 unspecified atom stereocenters. The van der Waals surface area contributed by atoms with Crippen molar-refractivity contribution in [3.05, 3.63) is 35.2 Å². The average Bonchev–Trinajstić information content (AvgIpc) is 2.80. The normalized spacial score (nSPS) is 21.0. The quantitative estimate of drug-likeness (QED) is 0.942. The molecule has 2 aromatic rings. The molecule has 1 heterocycles. The molecule has 5 heteroatoms. The Morgan fingerprint density at radius 3 is 2.67 bits per heavy atom. The fourth-order valence-electron chi connectivity index (χ4n) is 2.91. The van der Waals surface area contributed by atoms with Crippen molar-refractivity contribution in [2.24, 2.45) is 17.6 Å². The number of fused-ring (bicyclic) bond motifs is 1. The van der Waals surface area contributed by atoms with E-state index in [0.29, 0.717) is 6.54 Å². The third-order valence-electron chi connectivity index (χ3n) is 4.30. The maximum Gasteiger partial charge on any atom is 0.226 e. The molecule has 1 aromatic carbocycles. The summed E-state index contributed by atoms with van der Waals surface area (Å²) < 4.78 is 1.23. The van der Waals surface area contributed by atoms with E-state index < -0.39 is 0 Å². The lowest BCUT2D eigenvalue weighted by atomic mass is 9.72. The molecule has 0 bridgehead atoms. The number of hydrogen-bond donors (Lipinski definition) is 1. The molecular weight excluding hydrogens is 284 g/mol. The second-order valence-electron chi connectivity index (χ2n) is 5.64. The van der Waals surface area contributed by atoms with Crippen molar-refractivity contribution in [1.29, 1.82) is 0 Å². The van der Waals surface area contributed by atoms with Gasteiger partial charge in [0.25, 0.3) is 0 Å². The Morgan fingerprint density at radius 1 is 1.29 bits per heavy atom. The van der Waals surface area contributed by atoms with Crippen molar-refractivity contribution in [3.8, 4) is 0 Å². The van der Waals surface area contributed by atoms with Gasteiger partial charge in [-0.1, -0.05) is 18.2 Å². The van der Waals surface area contributed by atoms with Gasteiger partial charge in [-0.3, -0.25) is 9.59 Å². The molecule has 0 aliphatic heterocycles. The van der Waals surface area contributed by atoms with Crippen LogP contribution in [0.1, 0.15) is 18.4 Å². The summed E-state index contributed by atoms with van der Waals surface area (Å²) in [4.78, 5) is 25.4. The lowest BCUT2D eigenvalue weighted by Gasteiger charge is -2.35. The number of benzene rings is 1. The highest BCUT2D eigenvalue weighted by atomic mass is 32.1. The van der Waals surface area contributed by atoms with E-state index >= 15 is 0 Å². The number of rotatable bonds is 4. The van der Waals surface area contributed by atoms with Gasteiger partial charge in [0.1, 0.15) is 0 Å². The molecule has 21 heavy (non-hydrogen) atoms. The molecule has 0 spiro atoms. The van der Waals surface area contributed by atoms with E-state index in [2.05, 4.69) is 17.5 Å². The predicted octanol–water partition coefficient (Wildman–Crippen LogP) is 2.37. The summed E-state index contributed by atoms with van der Waals surface area (Å²) in [6.07, 6.45) is 1.50. The number of nitrogens with zero attached hydrogens (tertiary/aromatic N) is 1. The summed E-state index contributed by atoms with van der Waals surface area (Å²) in [5, 5.41) is 3.29. The summed E-state index contributed by atoms with van der Waals surface area (Å²) in [7, 11) is 1.80. The molecule has 2 N–H and O–H groups in total. The van der Waals surface area contributed by atoms with E-state index in [1.165, 1.54) is 10.1 Å². The zero-order chi connectivity index (χ0) is 15.0. The standard InChI is InChI=1S/C16H18N2O2S/c1-18(16(20)13-7-6-12(13)15(17)19)8-10-9-21-14-5-3-2-4-11(10)14/h2-5,9,12-13H,6-8H2,1H3,(H2,17,19)/t12-,13+/m0/s1. The maximum absolute atomic E-state index is 12.4. The van der Waals surface area contributed by atoms with Crippen LogP contribution < -0.4 is 5.73 Å². The molecule has 0 saturated heterocycles. The summed E-state index contributed by atoms with van der Waals surface area (Å²) in [5.74, 6) is -0.828. The molecule has 2 amide bonds. The van der Waals surface area contributed by atoms with Crippen molar-refractivity contribution in [1.82, 2.24) is 4.90 Å². The first-order chi connectivity index (χ1) is 10.1. The number of carbonyl (C=O) groups is 2. The highest BCUT2D eigenvalue weighted by Gasteiger charge is 2.41. The summed E-state index contributed by atoms with van der Waals surface area (Å²) >= 11 is 1.69. The monoisotopic (exact) mass is 302 g/mol. The number of carbonyl (C=O) groups excluding carboxylic acids is 2. The van der Waals surface area contributed by atoms with Crippen LogP contribution in [0, 0.1) is 11.8 Å². The fraction of sp³-hybridized carbons (Fsp3) is 0.375. The van der Waals surface area contributed by atoms with E-state index in [1.807, 2.05) is 12.1 Å². The van der Waals surface area contributed by atoms with E-state index in [0.717, 1.165) is 18.4 Å². The molecular formula is C16H18N2O2S. The fourth-order valence-corrected chi connectivity index (χ4v) is 3.86. The third-order valence-corrected chi connectivity index (χ3v) is 5.31. The smallest absolute Gasteiger partial charge is 0.226 e. The Bertz CT molecular complexity index is 694. The highest BCUT2D eigenvalue weighted by Crippen LogP contribution is 2.36. The topological polar surface area (TPSA) is 63.4 Å². The van der Waals surface area contributed by atoms with E-state index in [1.54, 1.807) is 23.3 Å². The minimum Gasteiger partial charge on any atom is -0.369 e. The zero-order valence-electron chi connectivity index (χ0n) is 11.9. The van der Waals surface area contributed by atoms with Gasteiger partial charge >= 0.3 is 0 Å². The van der Waals surface area contributed by atoms with Crippen molar-refractivity contribution in [3.63, 3.8) is 0 Å². The number of hydrogen-bond acceptors (Lipinski definition) is 3. The van der Waals surface area contributed by atoms with Crippen molar-refractivity contribution >= 4 is 33.2 Å². The van der Waals surface area contributed by atoms with E-state index in [4.69, 9.17) is 5.73 Å². The van der Waals surface area contributed by atoms with E-state index in [9.17, 15) is 9.59 Å². The minimum atomic E-state index is -0.353. The van der Waals surface area contributed by atoms with Gasteiger partial charge in [-0.2, -0.15) is 0 Å². The van der Waals surface area contributed by atoms with Crippen LogP contribution in [-0.4, -0.2) is 23.8 Å². The molecule has 0 radical (unpaired) electrons. The lowest BCUT2D eigenvalue weighted by molar-refractivity contribution is -0.145. The van der Waals surface area contributed by atoms with Crippen LogP contribution in [0.2, 0.25) is 0 Å². The largest absolute Gasteiger partial charge is 0.369 e. The van der Waals surface area contributed by atoms with Gasteiger partial charge in [0, 0.05) is 30.1 Å². The van der Waals surface area contributed by atoms with Gasteiger partial charge in [-0.25, -0.2) is 0 Å². The molecule has 1 aromatic heterocycles. The summed E-state index contributed by atoms with van der Waals surface area (Å²) in [6, 6.07) is 8.19. The minimum absolute atomic E-state index is 0.0281. The molecule has 110 valence electrons. The first-order valence-electron chi connectivity index (χ1n) is 7.07. The van der Waals surface area contributed by atoms with Crippen LogP contribution in [0.25, 0.3) is 10.1 Å². The molecule has 1 aliphatic carbocycles. The van der Waals surface area contributed by atoms with Gasteiger partial charge in [0.15, 0.2) is 0 Å². The van der Waals surface area contributed by atoms with Crippen molar-refractivity contribution in [2.45, 2.75) is 19.4 Å². The number of nitrogens with two attached hydrogens (primary N) is 1. The Balaban J connectivity index is 1.73. The Hall–Kier alpha value is -1.88. The molecule has 1 saturated carbocycles. The molecule has 3 rings (SSSR count). The maximum atomic E-state index is 12.4.